The smallest absolute Gasteiger partial charge is 0.306 e. The van der Waals surface area contributed by atoms with E-state index in [1.165, 1.54) is 22.3 Å². The Kier molecular flexibility index (Phi) is 9.82. The number of hydrogen-bond acceptors (Lipinski definition) is 2. The zero-order chi connectivity index (χ0) is 25.0. The number of aliphatic carboxylic acids is 1. The molecule has 0 saturated heterocycles. The highest BCUT2D eigenvalue weighted by atomic mass is 16.4. The first-order valence-electron chi connectivity index (χ1n) is 12.1. The van der Waals surface area contributed by atoms with Crippen molar-refractivity contribution in [3.05, 3.63) is 120 Å². The molecule has 3 nitrogen and oxygen atoms in total. The van der Waals surface area contributed by atoms with Crippen molar-refractivity contribution in [1.82, 2.24) is 0 Å². The molecule has 180 valence electrons. The fourth-order valence-electron chi connectivity index (χ4n) is 3.84. The van der Waals surface area contributed by atoms with Gasteiger partial charge in [-0.3, -0.25) is 4.79 Å². The molecule has 2 atom stereocenters. The molecule has 4 rings (SSSR count). The van der Waals surface area contributed by atoms with Crippen molar-refractivity contribution < 1.29 is 15.0 Å². The molecule has 0 aliphatic heterocycles. The largest absolute Gasteiger partial charge is 0.481 e. The summed E-state index contributed by atoms with van der Waals surface area (Å²) >= 11 is 0. The molecule has 0 radical (unpaired) electrons. The normalized spacial score (nSPS) is 12.2. The molecule has 0 saturated carbocycles. The van der Waals surface area contributed by atoms with E-state index in [4.69, 9.17) is 10.2 Å². The summed E-state index contributed by atoms with van der Waals surface area (Å²) in [5.41, 5.74) is 7.16. The van der Waals surface area contributed by atoms with Crippen molar-refractivity contribution in [3.8, 4) is 22.3 Å². The van der Waals surface area contributed by atoms with E-state index in [-0.39, 0.29) is 12.5 Å². The number of carboxylic acids is 1. The molecule has 35 heavy (non-hydrogen) atoms. The minimum Gasteiger partial charge on any atom is -0.481 e. The van der Waals surface area contributed by atoms with Gasteiger partial charge in [0.25, 0.3) is 0 Å². The highest BCUT2D eigenvalue weighted by Crippen LogP contribution is 2.21. The Hall–Kier alpha value is -3.69. The van der Waals surface area contributed by atoms with Crippen LogP contribution in [0.15, 0.2) is 109 Å². The number of rotatable bonds is 8. The number of benzene rings is 4. The van der Waals surface area contributed by atoms with Gasteiger partial charge in [0.15, 0.2) is 0 Å². The van der Waals surface area contributed by atoms with E-state index < -0.39 is 5.97 Å². The SMILES string of the molecule is C[C@@H](Cc1ccc(-c2ccccc2)cc1)C(=O)O.C[C@H](CO)Cc1ccc(-c2ccccc2)cc1. The summed E-state index contributed by atoms with van der Waals surface area (Å²) in [6, 6.07) is 37.2. The van der Waals surface area contributed by atoms with Gasteiger partial charge >= 0.3 is 5.97 Å². The van der Waals surface area contributed by atoms with Crippen LogP contribution in [0.25, 0.3) is 22.3 Å². The van der Waals surface area contributed by atoms with E-state index in [1.54, 1.807) is 6.92 Å². The molecule has 3 heteroatoms. The van der Waals surface area contributed by atoms with Crippen molar-refractivity contribution >= 4 is 5.97 Å². The summed E-state index contributed by atoms with van der Waals surface area (Å²) in [5, 5.41) is 17.9. The summed E-state index contributed by atoms with van der Waals surface area (Å²) in [6.45, 7) is 4.04. The van der Waals surface area contributed by atoms with E-state index in [9.17, 15) is 4.79 Å². The van der Waals surface area contributed by atoms with E-state index in [0.717, 1.165) is 17.5 Å². The molecular weight excluding hydrogens is 432 g/mol. The van der Waals surface area contributed by atoms with Crippen LogP contribution in [0.1, 0.15) is 25.0 Å². The topological polar surface area (TPSA) is 57.5 Å². The molecule has 0 aliphatic carbocycles. The van der Waals surface area contributed by atoms with Crippen LogP contribution in [0, 0.1) is 11.8 Å². The lowest BCUT2D eigenvalue weighted by molar-refractivity contribution is -0.141. The maximum Gasteiger partial charge on any atom is 0.306 e. The Morgan fingerprint density at radius 2 is 0.971 bits per heavy atom. The Bertz CT molecular complexity index is 1150. The van der Waals surface area contributed by atoms with Gasteiger partial charge in [-0.05, 0) is 52.1 Å². The molecule has 4 aromatic carbocycles. The Labute approximate surface area is 208 Å². The van der Waals surface area contributed by atoms with Gasteiger partial charge in [0.05, 0.1) is 5.92 Å². The molecule has 0 amide bonds. The highest BCUT2D eigenvalue weighted by molar-refractivity contribution is 5.70. The quantitative estimate of drug-likeness (QED) is 0.290. The van der Waals surface area contributed by atoms with E-state index in [0.29, 0.717) is 12.3 Å². The molecule has 0 spiro atoms. The van der Waals surface area contributed by atoms with Gasteiger partial charge in [-0.25, -0.2) is 0 Å². The third-order valence-corrected chi connectivity index (χ3v) is 5.98. The third-order valence-electron chi connectivity index (χ3n) is 5.98. The Morgan fingerprint density at radius 1 is 0.600 bits per heavy atom. The molecule has 0 unspecified atom stereocenters. The second kappa shape index (κ2) is 13.3. The van der Waals surface area contributed by atoms with Crippen LogP contribution < -0.4 is 0 Å². The Morgan fingerprint density at radius 3 is 1.34 bits per heavy atom. The highest BCUT2D eigenvalue weighted by Gasteiger charge is 2.11. The zero-order valence-corrected chi connectivity index (χ0v) is 20.5. The van der Waals surface area contributed by atoms with Gasteiger partial charge in [-0.1, -0.05) is 123 Å². The van der Waals surface area contributed by atoms with Gasteiger partial charge < -0.3 is 10.2 Å². The molecule has 4 aromatic rings. The second-order valence-electron chi connectivity index (χ2n) is 9.06. The summed E-state index contributed by atoms with van der Waals surface area (Å²) in [6.07, 6.45) is 1.51. The van der Waals surface area contributed by atoms with Crippen molar-refractivity contribution in [2.75, 3.05) is 6.61 Å². The maximum absolute atomic E-state index is 10.8. The van der Waals surface area contributed by atoms with Crippen molar-refractivity contribution in [2.24, 2.45) is 11.8 Å². The zero-order valence-electron chi connectivity index (χ0n) is 20.5. The van der Waals surface area contributed by atoms with E-state index in [2.05, 4.69) is 67.6 Å². The van der Waals surface area contributed by atoms with Crippen LogP contribution in [0.3, 0.4) is 0 Å². The predicted octanol–water partition coefficient (Wildman–Crippen LogP) is 7.14. The van der Waals surface area contributed by atoms with Gasteiger partial charge in [-0.2, -0.15) is 0 Å². The van der Waals surface area contributed by atoms with Crippen LogP contribution in [0.2, 0.25) is 0 Å². The van der Waals surface area contributed by atoms with Gasteiger partial charge in [0.1, 0.15) is 0 Å². The number of carbonyl (C=O) groups is 1. The van der Waals surface area contributed by atoms with Crippen molar-refractivity contribution in [2.45, 2.75) is 26.7 Å². The molecular formula is C32H34O3. The molecule has 0 heterocycles. The second-order valence-corrected chi connectivity index (χ2v) is 9.06. The van der Waals surface area contributed by atoms with Crippen molar-refractivity contribution in [1.29, 1.82) is 0 Å². The molecule has 0 aromatic heterocycles. The summed E-state index contributed by atoms with van der Waals surface area (Å²) in [7, 11) is 0. The Balaban J connectivity index is 0.000000196. The molecule has 0 bridgehead atoms. The standard InChI is InChI=1S/C16H16O2.C16H18O/c1-12(16(17)18)11-13-7-9-15(10-8-13)14-5-3-2-4-6-14;1-13(12-17)11-14-7-9-16(10-8-14)15-5-3-2-4-6-15/h2-10,12H,11H2,1H3,(H,17,18);2-10,13,17H,11-12H2,1H3/t12-;13-/m00/s1. The van der Waals surface area contributed by atoms with Gasteiger partial charge in [0.2, 0.25) is 0 Å². The van der Waals surface area contributed by atoms with Crippen LogP contribution in [0.5, 0.6) is 0 Å². The number of aliphatic hydroxyl groups is 1. The van der Waals surface area contributed by atoms with E-state index >= 15 is 0 Å². The van der Waals surface area contributed by atoms with Gasteiger partial charge in [-0.15, -0.1) is 0 Å². The fraction of sp³-hybridized carbons (Fsp3) is 0.219. The summed E-state index contributed by atoms with van der Waals surface area (Å²) in [5.74, 6) is -0.757. The summed E-state index contributed by atoms with van der Waals surface area (Å²) < 4.78 is 0. The monoisotopic (exact) mass is 466 g/mol. The van der Waals surface area contributed by atoms with Crippen LogP contribution >= 0.6 is 0 Å². The lowest BCUT2D eigenvalue weighted by Gasteiger charge is -2.08. The molecule has 0 aliphatic rings. The first-order chi connectivity index (χ1) is 17.0. The average molecular weight is 467 g/mol. The first kappa shape index (κ1) is 25.9. The number of hydrogen-bond donors (Lipinski definition) is 2. The average Bonchev–Trinajstić information content (AvgIpc) is 2.91. The minimum atomic E-state index is -0.748. The van der Waals surface area contributed by atoms with Gasteiger partial charge in [0, 0.05) is 6.61 Å². The van der Waals surface area contributed by atoms with Crippen LogP contribution in [0.4, 0.5) is 0 Å². The first-order valence-corrected chi connectivity index (χ1v) is 12.1. The molecule has 0 fully saturated rings. The number of aliphatic hydroxyl groups excluding tert-OH is 1. The number of carboxylic acid groups (broad SMARTS) is 1. The maximum atomic E-state index is 10.8. The van der Waals surface area contributed by atoms with Crippen LogP contribution in [-0.4, -0.2) is 22.8 Å². The summed E-state index contributed by atoms with van der Waals surface area (Å²) in [4.78, 5) is 10.8. The fourth-order valence-corrected chi connectivity index (χ4v) is 3.84. The van der Waals surface area contributed by atoms with E-state index in [1.807, 2.05) is 48.5 Å². The predicted molar refractivity (Wildman–Crippen MR) is 144 cm³/mol. The van der Waals surface area contributed by atoms with Crippen LogP contribution in [-0.2, 0) is 17.6 Å². The van der Waals surface area contributed by atoms with Crippen molar-refractivity contribution in [3.63, 3.8) is 0 Å². The molecule has 2 N–H and O–H groups in total. The minimum absolute atomic E-state index is 0.250. The lowest BCUT2D eigenvalue weighted by atomic mass is 9.98. The third kappa shape index (κ3) is 8.24. The lowest BCUT2D eigenvalue weighted by Crippen LogP contribution is -2.12.